The van der Waals surface area contributed by atoms with E-state index < -0.39 is 0 Å². The number of amides is 1. The van der Waals surface area contributed by atoms with Gasteiger partial charge in [-0.2, -0.15) is 0 Å². The van der Waals surface area contributed by atoms with Crippen molar-refractivity contribution >= 4 is 17.5 Å². The lowest BCUT2D eigenvalue weighted by Crippen LogP contribution is -2.53. The van der Waals surface area contributed by atoms with Gasteiger partial charge in [-0.15, -0.1) is 0 Å². The van der Waals surface area contributed by atoms with E-state index in [1.165, 1.54) is 0 Å². The summed E-state index contributed by atoms with van der Waals surface area (Å²) in [6.07, 6.45) is 1.62. The summed E-state index contributed by atoms with van der Waals surface area (Å²) in [6.45, 7) is 1.36. The molecule has 1 amide bonds. The van der Waals surface area contributed by atoms with Crippen molar-refractivity contribution in [2.24, 2.45) is 0 Å². The Morgan fingerprint density at radius 3 is 2.56 bits per heavy atom. The summed E-state index contributed by atoms with van der Waals surface area (Å²) < 4.78 is 5.34. The Bertz CT molecular complexity index is 455. The van der Waals surface area contributed by atoms with Gasteiger partial charge in [0.25, 0.3) is 0 Å². The molecule has 2 aliphatic heterocycles. The average Bonchev–Trinajstić information content (AvgIpc) is 2.68. The largest absolute Gasteiger partial charge is 0.381 e. The fourth-order valence-corrected chi connectivity index (χ4v) is 2.69. The number of ether oxygens (including phenoxy) is 1. The van der Waals surface area contributed by atoms with Crippen molar-refractivity contribution in [3.8, 4) is 0 Å². The second-order valence-corrected chi connectivity index (χ2v) is 5.25. The molecule has 2 fully saturated rings. The predicted octanol–water partition coefficient (Wildman–Crippen LogP) is 1.61. The Kier molecular flexibility index (Phi) is 3.01. The van der Waals surface area contributed by atoms with Gasteiger partial charge in [-0.3, -0.25) is 10.1 Å². The topological polar surface area (TPSA) is 50.4 Å². The highest BCUT2D eigenvalue weighted by Gasteiger charge is 2.44. The molecule has 2 heterocycles. The van der Waals surface area contributed by atoms with Crippen LogP contribution in [-0.4, -0.2) is 24.8 Å². The van der Waals surface area contributed by atoms with E-state index in [-0.39, 0.29) is 17.6 Å². The standard InChI is InChI=1S/C13H15ClN2O2/c14-10-3-1-9(2-4-10)11-12(17)16-13(15-11)5-7-18-8-6-13/h1-4,11,15H,5-8H2,(H,16,17). The Morgan fingerprint density at radius 1 is 1.22 bits per heavy atom. The van der Waals surface area contributed by atoms with Gasteiger partial charge in [0.1, 0.15) is 6.04 Å². The van der Waals surface area contributed by atoms with Gasteiger partial charge in [-0.1, -0.05) is 23.7 Å². The summed E-state index contributed by atoms with van der Waals surface area (Å²) >= 11 is 5.86. The fourth-order valence-electron chi connectivity index (χ4n) is 2.57. The second kappa shape index (κ2) is 4.53. The van der Waals surface area contributed by atoms with Gasteiger partial charge in [0.05, 0.1) is 18.9 Å². The SMILES string of the molecule is O=C1NC2(CCOCC2)NC1c1ccc(Cl)cc1. The summed E-state index contributed by atoms with van der Waals surface area (Å²) in [5.74, 6) is 0.0271. The third-order valence-corrected chi connectivity index (χ3v) is 3.85. The van der Waals surface area contributed by atoms with E-state index in [1.807, 2.05) is 12.1 Å². The number of carbonyl (C=O) groups is 1. The van der Waals surface area contributed by atoms with Gasteiger partial charge >= 0.3 is 0 Å². The van der Waals surface area contributed by atoms with E-state index in [2.05, 4.69) is 10.6 Å². The van der Waals surface area contributed by atoms with Crippen LogP contribution in [0, 0.1) is 0 Å². The van der Waals surface area contributed by atoms with Crippen LogP contribution in [0.3, 0.4) is 0 Å². The van der Waals surface area contributed by atoms with Gasteiger partial charge in [0.2, 0.25) is 5.91 Å². The number of rotatable bonds is 1. The molecule has 1 atom stereocenters. The second-order valence-electron chi connectivity index (χ2n) is 4.81. The lowest BCUT2D eigenvalue weighted by molar-refractivity contribution is -0.121. The van der Waals surface area contributed by atoms with E-state index in [9.17, 15) is 4.79 Å². The van der Waals surface area contributed by atoms with Crippen LogP contribution in [-0.2, 0) is 9.53 Å². The highest BCUT2D eigenvalue weighted by molar-refractivity contribution is 6.30. The zero-order valence-corrected chi connectivity index (χ0v) is 10.7. The minimum atomic E-state index is -0.292. The molecule has 3 rings (SSSR count). The molecule has 18 heavy (non-hydrogen) atoms. The van der Waals surface area contributed by atoms with Crippen LogP contribution in [0.5, 0.6) is 0 Å². The van der Waals surface area contributed by atoms with E-state index >= 15 is 0 Å². The molecular formula is C13H15ClN2O2. The van der Waals surface area contributed by atoms with Crippen molar-refractivity contribution in [3.63, 3.8) is 0 Å². The van der Waals surface area contributed by atoms with Crippen LogP contribution in [0.25, 0.3) is 0 Å². The van der Waals surface area contributed by atoms with Crippen molar-refractivity contribution in [2.75, 3.05) is 13.2 Å². The van der Waals surface area contributed by atoms with E-state index in [0.29, 0.717) is 18.2 Å². The van der Waals surface area contributed by atoms with E-state index in [1.54, 1.807) is 12.1 Å². The number of benzene rings is 1. The lowest BCUT2D eigenvalue weighted by atomic mass is 10.0. The molecule has 0 aliphatic carbocycles. The molecule has 2 aliphatic rings. The maximum Gasteiger partial charge on any atom is 0.243 e. The highest BCUT2D eigenvalue weighted by Crippen LogP contribution is 2.29. The Labute approximate surface area is 111 Å². The summed E-state index contributed by atoms with van der Waals surface area (Å²) in [5.41, 5.74) is 0.653. The van der Waals surface area contributed by atoms with Crippen molar-refractivity contribution in [3.05, 3.63) is 34.9 Å². The minimum Gasteiger partial charge on any atom is -0.381 e. The van der Waals surface area contributed by atoms with Crippen LogP contribution >= 0.6 is 11.6 Å². The first-order valence-corrected chi connectivity index (χ1v) is 6.49. The van der Waals surface area contributed by atoms with Crippen LogP contribution in [0.1, 0.15) is 24.4 Å². The molecule has 2 N–H and O–H groups in total. The third kappa shape index (κ3) is 2.11. The smallest absolute Gasteiger partial charge is 0.243 e. The molecule has 4 nitrogen and oxygen atoms in total. The molecule has 1 unspecified atom stereocenters. The number of halogens is 1. The van der Waals surface area contributed by atoms with Crippen molar-refractivity contribution in [2.45, 2.75) is 24.5 Å². The fraction of sp³-hybridized carbons (Fsp3) is 0.462. The number of carbonyl (C=O) groups excluding carboxylic acids is 1. The first-order valence-electron chi connectivity index (χ1n) is 6.11. The first-order chi connectivity index (χ1) is 8.69. The van der Waals surface area contributed by atoms with Gasteiger partial charge in [0, 0.05) is 17.9 Å². The van der Waals surface area contributed by atoms with Gasteiger partial charge in [0.15, 0.2) is 0 Å². The molecule has 1 aromatic carbocycles. The Morgan fingerprint density at radius 2 is 1.89 bits per heavy atom. The molecule has 5 heteroatoms. The van der Waals surface area contributed by atoms with Crippen LogP contribution in [0.4, 0.5) is 0 Å². The van der Waals surface area contributed by atoms with Crippen molar-refractivity contribution in [1.29, 1.82) is 0 Å². The van der Waals surface area contributed by atoms with Crippen LogP contribution < -0.4 is 10.6 Å². The summed E-state index contributed by atoms with van der Waals surface area (Å²) in [7, 11) is 0. The highest BCUT2D eigenvalue weighted by atomic mass is 35.5. The zero-order valence-electron chi connectivity index (χ0n) is 9.91. The van der Waals surface area contributed by atoms with Crippen LogP contribution in [0.2, 0.25) is 5.02 Å². The average molecular weight is 267 g/mol. The normalized spacial score (nSPS) is 26.3. The third-order valence-electron chi connectivity index (χ3n) is 3.59. The monoisotopic (exact) mass is 266 g/mol. The maximum absolute atomic E-state index is 12.1. The van der Waals surface area contributed by atoms with Gasteiger partial charge in [-0.05, 0) is 17.7 Å². The summed E-state index contributed by atoms with van der Waals surface area (Å²) in [6, 6.07) is 7.10. The zero-order chi connectivity index (χ0) is 12.6. The molecule has 0 aromatic heterocycles. The first kappa shape index (κ1) is 12.0. The molecule has 0 saturated carbocycles. The van der Waals surface area contributed by atoms with Crippen molar-refractivity contribution in [1.82, 2.24) is 10.6 Å². The van der Waals surface area contributed by atoms with Crippen molar-refractivity contribution < 1.29 is 9.53 Å². The lowest BCUT2D eigenvalue weighted by Gasteiger charge is -2.33. The molecule has 1 spiro atoms. The number of hydrogen-bond acceptors (Lipinski definition) is 3. The van der Waals surface area contributed by atoms with E-state index in [0.717, 1.165) is 18.4 Å². The summed E-state index contributed by atoms with van der Waals surface area (Å²) in [4.78, 5) is 12.1. The molecule has 96 valence electrons. The molecular weight excluding hydrogens is 252 g/mol. The Hall–Kier alpha value is -1.10. The Balaban J connectivity index is 1.82. The summed E-state index contributed by atoms with van der Waals surface area (Å²) in [5, 5.41) is 7.16. The molecule has 1 aromatic rings. The number of hydrogen-bond donors (Lipinski definition) is 2. The molecule has 2 saturated heterocycles. The minimum absolute atomic E-state index is 0.0271. The molecule has 0 bridgehead atoms. The van der Waals surface area contributed by atoms with Crippen LogP contribution in [0.15, 0.2) is 24.3 Å². The van der Waals surface area contributed by atoms with Gasteiger partial charge < -0.3 is 10.1 Å². The number of nitrogens with one attached hydrogen (secondary N) is 2. The quantitative estimate of drug-likeness (QED) is 0.812. The predicted molar refractivity (Wildman–Crippen MR) is 68.3 cm³/mol. The molecule has 0 radical (unpaired) electrons. The maximum atomic E-state index is 12.1. The van der Waals surface area contributed by atoms with E-state index in [4.69, 9.17) is 16.3 Å². The van der Waals surface area contributed by atoms with Gasteiger partial charge in [-0.25, -0.2) is 0 Å².